The summed E-state index contributed by atoms with van der Waals surface area (Å²) in [6.45, 7) is 4.30. The highest BCUT2D eigenvalue weighted by atomic mass is 79.9. The Hall–Kier alpha value is -0.0900. The van der Waals surface area contributed by atoms with Crippen molar-refractivity contribution in [1.29, 1.82) is 0 Å². The zero-order valence-electron chi connectivity index (χ0n) is 6.60. The van der Waals surface area contributed by atoms with Crippen LogP contribution in [0.3, 0.4) is 0 Å². The summed E-state index contributed by atoms with van der Waals surface area (Å²) in [5.41, 5.74) is 0. The van der Waals surface area contributed by atoms with Crippen LogP contribution < -0.4 is 5.32 Å². The van der Waals surface area contributed by atoms with E-state index in [1.54, 1.807) is 11.3 Å². The predicted octanol–water partition coefficient (Wildman–Crippen LogP) is 3.12. The molecule has 0 saturated carbocycles. The summed E-state index contributed by atoms with van der Waals surface area (Å²) < 4.78 is 1.07. The summed E-state index contributed by atoms with van der Waals surface area (Å²) >= 11 is 4.99. The quantitative estimate of drug-likeness (QED) is 0.870. The number of rotatable bonds is 3. The van der Waals surface area contributed by atoms with Gasteiger partial charge < -0.3 is 5.32 Å². The molecular formula is C7H11BrN2S. The second kappa shape index (κ2) is 4.07. The number of thiazole rings is 1. The second-order valence-electron chi connectivity index (χ2n) is 2.42. The standard InChI is InChI=1S/C7H11BrN2S/c1-3-5(2)10-7-9-4-6(8)11-7/h4-5H,3H2,1-2H3,(H,9,10). The largest absolute Gasteiger partial charge is 0.359 e. The van der Waals surface area contributed by atoms with Gasteiger partial charge in [-0.25, -0.2) is 4.98 Å². The molecule has 0 aliphatic carbocycles. The Balaban J connectivity index is 2.50. The third-order valence-electron chi connectivity index (χ3n) is 1.46. The maximum atomic E-state index is 4.16. The lowest BCUT2D eigenvalue weighted by Gasteiger charge is -2.08. The highest BCUT2D eigenvalue weighted by Crippen LogP contribution is 2.23. The molecule has 1 unspecified atom stereocenters. The van der Waals surface area contributed by atoms with Crippen molar-refractivity contribution < 1.29 is 0 Å². The van der Waals surface area contributed by atoms with Crippen molar-refractivity contribution in [2.24, 2.45) is 0 Å². The molecule has 0 fully saturated rings. The van der Waals surface area contributed by atoms with Crippen LogP contribution in [0.4, 0.5) is 5.13 Å². The average Bonchev–Trinajstić information content (AvgIpc) is 2.35. The Morgan fingerprint density at radius 3 is 3.00 bits per heavy atom. The summed E-state index contributed by atoms with van der Waals surface area (Å²) in [5.74, 6) is 0. The molecule has 1 aromatic rings. The SMILES string of the molecule is CCC(C)Nc1ncc(Br)s1. The van der Waals surface area contributed by atoms with E-state index < -0.39 is 0 Å². The summed E-state index contributed by atoms with van der Waals surface area (Å²) in [6.07, 6.45) is 2.94. The zero-order valence-corrected chi connectivity index (χ0v) is 9.00. The van der Waals surface area contributed by atoms with Gasteiger partial charge in [-0.05, 0) is 29.3 Å². The average molecular weight is 235 g/mol. The van der Waals surface area contributed by atoms with E-state index in [1.807, 2.05) is 6.20 Å². The topological polar surface area (TPSA) is 24.9 Å². The number of hydrogen-bond acceptors (Lipinski definition) is 3. The number of anilines is 1. The van der Waals surface area contributed by atoms with E-state index >= 15 is 0 Å². The van der Waals surface area contributed by atoms with Crippen molar-refractivity contribution in [3.05, 3.63) is 9.98 Å². The van der Waals surface area contributed by atoms with Gasteiger partial charge in [-0.3, -0.25) is 0 Å². The van der Waals surface area contributed by atoms with Crippen molar-refractivity contribution >= 4 is 32.4 Å². The van der Waals surface area contributed by atoms with Gasteiger partial charge >= 0.3 is 0 Å². The van der Waals surface area contributed by atoms with Crippen LogP contribution in [0, 0.1) is 0 Å². The van der Waals surface area contributed by atoms with Gasteiger partial charge in [0.2, 0.25) is 0 Å². The summed E-state index contributed by atoms with van der Waals surface area (Å²) in [6, 6.07) is 0.507. The van der Waals surface area contributed by atoms with E-state index in [1.165, 1.54) is 0 Å². The van der Waals surface area contributed by atoms with Crippen molar-refractivity contribution in [1.82, 2.24) is 4.98 Å². The smallest absolute Gasteiger partial charge is 0.183 e. The van der Waals surface area contributed by atoms with E-state index in [0.29, 0.717) is 6.04 Å². The maximum Gasteiger partial charge on any atom is 0.183 e. The van der Waals surface area contributed by atoms with Crippen LogP contribution in [0.25, 0.3) is 0 Å². The highest BCUT2D eigenvalue weighted by Gasteiger charge is 2.01. The maximum absolute atomic E-state index is 4.16. The molecule has 1 N–H and O–H groups in total. The molecule has 0 saturated heterocycles. The first kappa shape index (κ1) is 9.00. The van der Waals surface area contributed by atoms with Gasteiger partial charge in [0.15, 0.2) is 5.13 Å². The van der Waals surface area contributed by atoms with Crippen LogP contribution in [0.15, 0.2) is 9.98 Å². The normalized spacial score (nSPS) is 13.0. The molecule has 0 amide bonds. The minimum Gasteiger partial charge on any atom is -0.359 e. The van der Waals surface area contributed by atoms with Gasteiger partial charge in [0.1, 0.15) is 0 Å². The third-order valence-corrected chi connectivity index (χ3v) is 2.87. The Morgan fingerprint density at radius 2 is 2.55 bits per heavy atom. The first-order valence-corrected chi connectivity index (χ1v) is 5.21. The molecule has 0 aliphatic rings. The van der Waals surface area contributed by atoms with Crippen molar-refractivity contribution in [2.45, 2.75) is 26.3 Å². The van der Waals surface area contributed by atoms with Gasteiger partial charge in [0, 0.05) is 6.04 Å². The molecule has 11 heavy (non-hydrogen) atoms. The monoisotopic (exact) mass is 234 g/mol. The Labute approximate surface area is 79.2 Å². The number of nitrogens with zero attached hydrogens (tertiary/aromatic N) is 1. The van der Waals surface area contributed by atoms with E-state index in [2.05, 4.69) is 40.1 Å². The van der Waals surface area contributed by atoms with Crippen molar-refractivity contribution in [2.75, 3.05) is 5.32 Å². The van der Waals surface area contributed by atoms with Crippen LogP contribution in [0.1, 0.15) is 20.3 Å². The molecule has 0 spiro atoms. The molecule has 1 rings (SSSR count). The molecule has 1 heterocycles. The highest BCUT2D eigenvalue weighted by molar-refractivity contribution is 9.11. The van der Waals surface area contributed by atoms with Gasteiger partial charge in [0.05, 0.1) is 9.98 Å². The molecule has 1 atom stereocenters. The lowest BCUT2D eigenvalue weighted by molar-refractivity contribution is 0.763. The molecule has 0 radical (unpaired) electrons. The predicted molar refractivity (Wildman–Crippen MR) is 53.2 cm³/mol. The summed E-state index contributed by atoms with van der Waals surface area (Å²) in [7, 11) is 0. The van der Waals surface area contributed by atoms with E-state index in [-0.39, 0.29) is 0 Å². The Bertz CT molecular complexity index is 224. The minimum absolute atomic E-state index is 0.507. The van der Waals surface area contributed by atoms with Crippen LogP contribution >= 0.6 is 27.3 Å². The fourth-order valence-electron chi connectivity index (χ4n) is 0.634. The minimum atomic E-state index is 0.507. The van der Waals surface area contributed by atoms with E-state index in [4.69, 9.17) is 0 Å². The molecular weight excluding hydrogens is 224 g/mol. The Morgan fingerprint density at radius 1 is 1.82 bits per heavy atom. The van der Waals surface area contributed by atoms with Crippen LogP contribution in [-0.2, 0) is 0 Å². The van der Waals surface area contributed by atoms with Gasteiger partial charge in [-0.15, -0.1) is 0 Å². The molecule has 0 aliphatic heterocycles. The van der Waals surface area contributed by atoms with Crippen molar-refractivity contribution in [3.63, 3.8) is 0 Å². The number of halogens is 1. The number of nitrogens with one attached hydrogen (secondary N) is 1. The molecule has 62 valence electrons. The summed E-state index contributed by atoms with van der Waals surface area (Å²) in [4.78, 5) is 4.16. The molecule has 0 bridgehead atoms. The van der Waals surface area contributed by atoms with Crippen molar-refractivity contribution in [3.8, 4) is 0 Å². The number of aromatic nitrogens is 1. The van der Waals surface area contributed by atoms with Crippen LogP contribution in [0.5, 0.6) is 0 Å². The number of hydrogen-bond donors (Lipinski definition) is 1. The third kappa shape index (κ3) is 2.79. The van der Waals surface area contributed by atoms with Crippen LogP contribution in [-0.4, -0.2) is 11.0 Å². The fourth-order valence-corrected chi connectivity index (χ4v) is 1.85. The van der Waals surface area contributed by atoms with Crippen LogP contribution in [0.2, 0.25) is 0 Å². The van der Waals surface area contributed by atoms with Gasteiger partial charge in [0.25, 0.3) is 0 Å². The fraction of sp³-hybridized carbons (Fsp3) is 0.571. The molecule has 1 aromatic heterocycles. The lowest BCUT2D eigenvalue weighted by atomic mass is 10.3. The Kier molecular flexibility index (Phi) is 3.33. The van der Waals surface area contributed by atoms with Gasteiger partial charge in [-0.2, -0.15) is 0 Å². The molecule has 4 heteroatoms. The first-order chi connectivity index (χ1) is 5.22. The first-order valence-electron chi connectivity index (χ1n) is 3.60. The molecule has 0 aromatic carbocycles. The van der Waals surface area contributed by atoms with E-state index in [0.717, 1.165) is 15.3 Å². The molecule has 2 nitrogen and oxygen atoms in total. The second-order valence-corrected chi connectivity index (χ2v) is 4.83. The lowest BCUT2D eigenvalue weighted by Crippen LogP contribution is -2.12. The van der Waals surface area contributed by atoms with Gasteiger partial charge in [-0.1, -0.05) is 18.3 Å². The zero-order chi connectivity index (χ0) is 8.27. The van der Waals surface area contributed by atoms with E-state index in [9.17, 15) is 0 Å². The summed E-state index contributed by atoms with van der Waals surface area (Å²) in [5, 5.41) is 4.28.